The molecule has 1 aromatic carbocycles. The topological polar surface area (TPSA) is 76.7 Å². The van der Waals surface area contributed by atoms with Crippen molar-refractivity contribution in [1.82, 2.24) is 10.9 Å². The predicted molar refractivity (Wildman–Crippen MR) is 99.6 cm³/mol. The van der Waals surface area contributed by atoms with E-state index in [0.29, 0.717) is 22.3 Å². The van der Waals surface area contributed by atoms with Crippen molar-refractivity contribution in [3.8, 4) is 11.5 Å². The lowest BCUT2D eigenvalue weighted by Crippen LogP contribution is -2.43. The molecule has 0 spiro atoms. The van der Waals surface area contributed by atoms with Gasteiger partial charge < -0.3 is 9.47 Å². The molecular formula is C19H22N2O4S. The fraction of sp³-hybridized carbons (Fsp3) is 0.368. The summed E-state index contributed by atoms with van der Waals surface area (Å²) in [6, 6.07) is 8.84. The predicted octanol–water partition coefficient (Wildman–Crippen LogP) is 2.72. The van der Waals surface area contributed by atoms with Crippen LogP contribution in [0.4, 0.5) is 0 Å². The number of fused-ring (bicyclic) bond motifs is 1. The number of nitrogens with one attached hydrogen (secondary N) is 2. The number of benzene rings is 1. The van der Waals surface area contributed by atoms with E-state index >= 15 is 0 Å². The van der Waals surface area contributed by atoms with Crippen molar-refractivity contribution in [2.75, 3.05) is 13.7 Å². The zero-order valence-corrected chi connectivity index (χ0v) is 15.7. The van der Waals surface area contributed by atoms with Gasteiger partial charge in [0, 0.05) is 4.88 Å². The first kappa shape index (κ1) is 18.3. The van der Waals surface area contributed by atoms with Gasteiger partial charge in [0.05, 0.1) is 12.0 Å². The number of methoxy groups -OCH3 is 1. The second-order valence-corrected chi connectivity index (χ2v) is 7.51. The van der Waals surface area contributed by atoms with Gasteiger partial charge in [0.15, 0.2) is 6.61 Å². The first-order chi connectivity index (χ1) is 12.5. The maximum atomic E-state index is 12.2. The Hall–Kier alpha value is -2.54. The molecule has 2 amide bonds. The first-order valence-corrected chi connectivity index (χ1v) is 9.34. The molecule has 0 radical (unpaired) electrons. The zero-order chi connectivity index (χ0) is 18.5. The lowest BCUT2D eigenvalue weighted by atomic mass is 9.90. The Balaban J connectivity index is 1.46. The van der Waals surface area contributed by atoms with Gasteiger partial charge in [-0.3, -0.25) is 20.4 Å². The number of thiophene rings is 1. The second kappa shape index (κ2) is 8.23. The third kappa shape index (κ3) is 4.54. The van der Waals surface area contributed by atoms with Gasteiger partial charge in [-0.1, -0.05) is 6.92 Å². The van der Waals surface area contributed by atoms with Gasteiger partial charge in [-0.05, 0) is 61.1 Å². The van der Waals surface area contributed by atoms with Crippen molar-refractivity contribution in [3.05, 3.63) is 45.6 Å². The van der Waals surface area contributed by atoms with E-state index in [0.717, 1.165) is 19.3 Å². The zero-order valence-electron chi connectivity index (χ0n) is 14.8. The Morgan fingerprint density at radius 2 is 1.92 bits per heavy atom. The van der Waals surface area contributed by atoms with Crippen molar-refractivity contribution in [2.24, 2.45) is 5.92 Å². The van der Waals surface area contributed by atoms with E-state index in [9.17, 15) is 9.59 Å². The number of hydrogen-bond acceptors (Lipinski definition) is 5. The van der Waals surface area contributed by atoms with Gasteiger partial charge in [0.1, 0.15) is 11.5 Å². The normalized spacial score (nSPS) is 15.7. The van der Waals surface area contributed by atoms with Crippen LogP contribution in [0.3, 0.4) is 0 Å². The van der Waals surface area contributed by atoms with Gasteiger partial charge in [-0.2, -0.15) is 0 Å². The van der Waals surface area contributed by atoms with Crippen molar-refractivity contribution in [1.29, 1.82) is 0 Å². The smallest absolute Gasteiger partial charge is 0.279 e. The van der Waals surface area contributed by atoms with Crippen LogP contribution in [0.5, 0.6) is 11.5 Å². The van der Waals surface area contributed by atoms with Crippen LogP contribution in [0.15, 0.2) is 30.3 Å². The van der Waals surface area contributed by atoms with E-state index in [1.54, 1.807) is 31.4 Å². The molecule has 7 heteroatoms. The summed E-state index contributed by atoms with van der Waals surface area (Å²) in [6.45, 7) is 2.04. The number of carbonyl (C=O) groups excluding carboxylic acids is 2. The van der Waals surface area contributed by atoms with Gasteiger partial charge >= 0.3 is 0 Å². The summed E-state index contributed by atoms with van der Waals surface area (Å²) in [4.78, 5) is 26.0. The fourth-order valence-electron chi connectivity index (χ4n) is 2.86. The molecule has 1 heterocycles. The summed E-state index contributed by atoms with van der Waals surface area (Å²) in [5, 5.41) is 0. The number of rotatable bonds is 5. The molecule has 26 heavy (non-hydrogen) atoms. The third-order valence-corrected chi connectivity index (χ3v) is 5.53. The molecule has 0 bridgehead atoms. The summed E-state index contributed by atoms with van der Waals surface area (Å²) < 4.78 is 10.4. The van der Waals surface area contributed by atoms with Gasteiger partial charge in [0.2, 0.25) is 0 Å². The average Bonchev–Trinajstić information content (AvgIpc) is 3.08. The Labute approximate surface area is 156 Å². The molecule has 0 saturated heterocycles. The number of carbonyl (C=O) groups is 2. The Kier molecular flexibility index (Phi) is 5.78. The largest absolute Gasteiger partial charge is 0.497 e. The maximum Gasteiger partial charge on any atom is 0.279 e. The molecular weight excluding hydrogens is 352 g/mol. The van der Waals surface area contributed by atoms with Gasteiger partial charge in [0.25, 0.3) is 11.8 Å². The number of hydrazine groups is 1. The second-order valence-electron chi connectivity index (χ2n) is 6.37. The standard InChI is InChI=1S/C19H22N2O4S/c1-12-3-8-16-13(9-12)10-17(26-16)19(23)21-20-18(22)11-25-15-6-4-14(24-2)5-7-15/h4-7,10,12H,3,8-9,11H2,1-2H3,(H,20,22)(H,21,23). The lowest BCUT2D eigenvalue weighted by molar-refractivity contribution is -0.123. The van der Waals surface area contributed by atoms with Crippen LogP contribution in [-0.2, 0) is 17.6 Å². The first-order valence-electron chi connectivity index (χ1n) is 8.52. The molecule has 0 fully saturated rings. The van der Waals surface area contributed by atoms with Crippen molar-refractivity contribution >= 4 is 23.2 Å². The van der Waals surface area contributed by atoms with E-state index in [1.807, 2.05) is 6.07 Å². The van der Waals surface area contributed by atoms with Crippen LogP contribution >= 0.6 is 11.3 Å². The monoisotopic (exact) mass is 374 g/mol. The summed E-state index contributed by atoms with van der Waals surface area (Å²) in [7, 11) is 1.58. The minimum absolute atomic E-state index is 0.189. The molecule has 0 aliphatic heterocycles. The Bertz CT molecular complexity index is 785. The van der Waals surface area contributed by atoms with Gasteiger partial charge in [-0.15, -0.1) is 11.3 Å². The average molecular weight is 374 g/mol. The lowest BCUT2D eigenvalue weighted by Gasteiger charge is -2.16. The van der Waals surface area contributed by atoms with Crippen LogP contribution in [0.1, 0.15) is 33.5 Å². The molecule has 2 aromatic rings. The molecule has 6 nitrogen and oxygen atoms in total. The highest BCUT2D eigenvalue weighted by Gasteiger charge is 2.20. The summed E-state index contributed by atoms with van der Waals surface area (Å²) in [5.74, 6) is 1.19. The molecule has 1 aliphatic rings. The molecule has 0 saturated carbocycles. The van der Waals surface area contributed by atoms with E-state index in [4.69, 9.17) is 9.47 Å². The number of aryl methyl sites for hydroxylation is 1. The van der Waals surface area contributed by atoms with E-state index in [2.05, 4.69) is 17.8 Å². The van der Waals surface area contributed by atoms with Crippen LogP contribution in [0, 0.1) is 5.92 Å². The molecule has 1 aromatic heterocycles. The fourth-order valence-corrected chi connectivity index (χ4v) is 3.97. The van der Waals surface area contributed by atoms with Crippen molar-refractivity contribution < 1.29 is 19.1 Å². The molecule has 1 atom stereocenters. The molecule has 1 unspecified atom stereocenters. The highest BCUT2D eigenvalue weighted by molar-refractivity contribution is 7.14. The van der Waals surface area contributed by atoms with Crippen LogP contribution in [-0.4, -0.2) is 25.5 Å². The third-order valence-electron chi connectivity index (χ3n) is 4.30. The van der Waals surface area contributed by atoms with Crippen LogP contribution < -0.4 is 20.3 Å². The summed E-state index contributed by atoms with van der Waals surface area (Å²) in [6.07, 6.45) is 3.20. The quantitative estimate of drug-likeness (QED) is 0.789. The highest BCUT2D eigenvalue weighted by Crippen LogP contribution is 2.32. The molecule has 1 aliphatic carbocycles. The highest BCUT2D eigenvalue weighted by atomic mass is 32.1. The van der Waals surface area contributed by atoms with E-state index in [-0.39, 0.29) is 12.5 Å². The minimum Gasteiger partial charge on any atom is -0.497 e. The van der Waals surface area contributed by atoms with E-state index in [1.165, 1.54) is 21.8 Å². The maximum absolute atomic E-state index is 12.2. The van der Waals surface area contributed by atoms with Crippen molar-refractivity contribution in [3.63, 3.8) is 0 Å². The summed E-state index contributed by atoms with van der Waals surface area (Å²) in [5.41, 5.74) is 6.08. The Morgan fingerprint density at radius 1 is 1.19 bits per heavy atom. The van der Waals surface area contributed by atoms with Crippen molar-refractivity contribution in [2.45, 2.75) is 26.2 Å². The minimum atomic E-state index is -0.427. The SMILES string of the molecule is COc1ccc(OCC(=O)NNC(=O)c2cc3c(s2)CCC(C)C3)cc1. The molecule has 3 rings (SSSR count). The number of amides is 2. The number of hydrogen-bond donors (Lipinski definition) is 2. The summed E-state index contributed by atoms with van der Waals surface area (Å²) >= 11 is 1.50. The van der Waals surface area contributed by atoms with Crippen LogP contribution in [0.25, 0.3) is 0 Å². The number of ether oxygens (including phenoxy) is 2. The van der Waals surface area contributed by atoms with Gasteiger partial charge in [-0.25, -0.2) is 0 Å². The van der Waals surface area contributed by atoms with Crippen LogP contribution in [0.2, 0.25) is 0 Å². The molecule has 138 valence electrons. The van der Waals surface area contributed by atoms with E-state index < -0.39 is 5.91 Å². The molecule has 2 N–H and O–H groups in total. The Morgan fingerprint density at radius 3 is 2.65 bits per heavy atom.